The fourth-order valence-electron chi connectivity index (χ4n) is 1.49. The maximum Gasteiger partial charge on any atom is 0.269 e. The van der Waals surface area contributed by atoms with E-state index in [0.717, 1.165) is 11.8 Å². The molecule has 0 amide bonds. The van der Waals surface area contributed by atoms with Crippen LogP contribution in [0.15, 0.2) is 29.3 Å². The minimum Gasteiger partial charge on any atom is -0.301 e. The number of carbonyl (C=O) groups is 1. The minimum absolute atomic E-state index is 0.0183. The highest BCUT2D eigenvalue weighted by atomic mass is 32.2. The van der Waals surface area contributed by atoms with Crippen LogP contribution in [0.25, 0.3) is 0 Å². The van der Waals surface area contributed by atoms with Gasteiger partial charge in [-0.05, 0) is 17.7 Å². The maximum absolute atomic E-state index is 11.1. The van der Waals surface area contributed by atoms with Crippen LogP contribution in [0.1, 0.15) is 5.56 Å². The normalized spacial score (nSPS) is 23.2. The van der Waals surface area contributed by atoms with E-state index in [1.54, 1.807) is 18.3 Å². The first-order chi connectivity index (χ1) is 7.68. The summed E-state index contributed by atoms with van der Waals surface area (Å²) in [5.41, 5.74) is 0.740. The molecule has 1 aliphatic heterocycles. The summed E-state index contributed by atoms with van der Waals surface area (Å²) in [6.07, 6.45) is 2.40. The third-order valence-corrected chi connectivity index (χ3v) is 3.56. The number of hydrogen-bond acceptors (Lipinski definition) is 5. The van der Waals surface area contributed by atoms with Crippen LogP contribution in [0.2, 0.25) is 0 Å². The summed E-state index contributed by atoms with van der Waals surface area (Å²) in [6, 6.07) is 5.98. The fourth-order valence-corrected chi connectivity index (χ4v) is 2.37. The topological polar surface area (TPSA) is 72.6 Å². The van der Waals surface area contributed by atoms with Gasteiger partial charge < -0.3 is 4.79 Å². The van der Waals surface area contributed by atoms with Crippen LogP contribution in [0.5, 0.6) is 0 Å². The van der Waals surface area contributed by atoms with Gasteiger partial charge in [0.25, 0.3) is 5.69 Å². The lowest BCUT2D eigenvalue weighted by Crippen LogP contribution is -2.22. The van der Waals surface area contributed by atoms with Gasteiger partial charge in [0.15, 0.2) is 0 Å². The monoisotopic (exact) mass is 236 g/mol. The number of non-ortho nitro benzene ring substituents is 1. The largest absolute Gasteiger partial charge is 0.301 e. The van der Waals surface area contributed by atoms with E-state index in [9.17, 15) is 14.9 Å². The van der Waals surface area contributed by atoms with E-state index in [4.69, 9.17) is 0 Å². The minimum atomic E-state index is -0.769. The second-order valence-electron chi connectivity index (χ2n) is 3.30. The Morgan fingerprint density at radius 1 is 1.44 bits per heavy atom. The van der Waals surface area contributed by atoms with Crippen LogP contribution in [0.3, 0.4) is 0 Å². The van der Waals surface area contributed by atoms with E-state index in [-0.39, 0.29) is 5.69 Å². The van der Waals surface area contributed by atoms with Crippen molar-refractivity contribution in [1.82, 2.24) is 0 Å². The molecular weight excluding hydrogens is 228 g/mol. The van der Waals surface area contributed by atoms with E-state index in [0.29, 0.717) is 5.88 Å². The number of aliphatic imine (C=N–C) groups is 1. The number of nitro groups is 1. The SMILES string of the molecule is O=CC1(c2ccc([N+](=O)[O-])cc2)C=NCS1. The number of hydrogen-bond donors (Lipinski definition) is 0. The number of rotatable bonds is 3. The Morgan fingerprint density at radius 3 is 2.56 bits per heavy atom. The van der Waals surface area contributed by atoms with E-state index in [2.05, 4.69) is 4.99 Å². The van der Waals surface area contributed by atoms with Gasteiger partial charge in [0.2, 0.25) is 0 Å². The summed E-state index contributed by atoms with van der Waals surface area (Å²) < 4.78 is -0.769. The number of nitro benzene ring substituents is 1. The highest BCUT2D eigenvalue weighted by molar-refractivity contribution is 8.01. The molecular formula is C10H8N2O3S. The molecule has 6 heteroatoms. The smallest absolute Gasteiger partial charge is 0.269 e. The van der Waals surface area contributed by atoms with Crippen molar-refractivity contribution in [2.24, 2.45) is 4.99 Å². The summed E-state index contributed by atoms with van der Waals surface area (Å²) >= 11 is 1.40. The lowest BCUT2D eigenvalue weighted by atomic mass is 10.0. The van der Waals surface area contributed by atoms with Gasteiger partial charge in [-0.2, -0.15) is 0 Å². The molecule has 1 aromatic rings. The fraction of sp³-hybridized carbons (Fsp3) is 0.200. The molecule has 0 radical (unpaired) electrons. The van der Waals surface area contributed by atoms with E-state index in [1.807, 2.05) is 0 Å². The van der Waals surface area contributed by atoms with Crippen molar-refractivity contribution in [2.75, 3.05) is 5.88 Å². The lowest BCUT2D eigenvalue weighted by Gasteiger charge is -2.17. The van der Waals surface area contributed by atoms with Crippen molar-refractivity contribution in [3.05, 3.63) is 39.9 Å². The zero-order chi connectivity index (χ0) is 11.6. The molecule has 82 valence electrons. The van der Waals surface area contributed by atoms with Gasteiger partial charge in [0, 0.05) is 18.3 Å². The first-order valence-corrected chi connectivity index (χ1v) is 5.53. The zero-order valence-corrected chi connectivity index (χ0v) is 9.02. The second-order valence-corrected chi connectivity index (χ2v) is 4.52. The van der Waals surface area contributed by atoms with Crippen molar-refractivity contribution in [3.63, 3.8) is 0 Å². The molecule has 16 heavy (non-hydrogen) atoms. The third-order valence-electron chi connectivity index (χ3n) is 2.37. The second kappa shape index (κ2) is 4.05. The Morgan fingerprint density at radius 2 is 2.12 bits per heavy atom. The quantitative estimate of drug-likeness (QED) is 0.455. The molecule has 2 rings (SSSR count). The molecule has 1 heterocycles. The van der Waals surface area contributed by atoms with E-state index in [1.165, 1.54) is 23.9 Å². The number of thioether (sulfide) groups is 1. The molecule has 1 unspecified atom stereocenters. The molecule has 0 aromatic heterocycles. The molecule has 1 atom stereocenters. The average Bonchev–Trinajstić information content (AvgIpc) is 2.79. The summed E-state index contributed by atoms with van der Waals surface area (Å²) in [6.45, 7) is 0. The first-order valence-electron chi connectivity index (χ1n) is 4.54. The third kappa shape index (κ3) is 1.71. The van der Waals surface area contributed by atoms with Crippen molar-refractivity contribution >= 4 is 30.0 Å². The summed E-state index contributed by atoms with van der Waals surface area (Å²) in [5, 5.41) is 10.5. The highest BCUT2D eigenvalue weighted by Crippen LogP contribution is 2.37. The van der Waals surface area contributed by atoms with Gasteiger partial charge in [-0.1, -0.05) is 0 Å². The van der Waals surface area contributed by atoms with E-state index >= 15 is 0 Å². The molecule has 0 N–H and O–H groups in total. The average molecular weight is 236 g/mol. The highest BCUT2D eigenvalue weighted by Gasteiger charge is 2.34. The van der Waals surface area contributed by atoms with Gasteiger partial charge in [-0.3, -0.25) is 15.1 Å². The van der Waals surface area contributed by atoms with Gasteiger partial charge in [-0.15, -0.1) is 11.8 Å². The summed E-state index contributed by atoms with van der Waals surface area (Å²) in [7, 11) is 0. The molecule has 1 aromatic carbocycles. The van der Waals surface area contributed by atoms with Crippen LogP contribution in [0, 0.1) is 10.1 Å². The molecule has 0 saturated heterocycles. The number of benzene rings is 1. The molecule has 0 spiro atoms. The molecule has 0 fully saturated rings. The standard InChI is InChI=1S/C10H8N2O3S/c13-6-10(5-11-7-16-10)8-1-3-9(4-2-8)12(14)15/h1-6H,7H2. The zero-order valence-electron chi connectivity index (χ0n) is 8.20. The van der Waals surface area contributed by atoms with Crippen molar-refractivity contribution in [1.29, 1.82) is 0 Å². The van der Waals surface area contributed by atoms with Crippen LogP contribution in [0.4, 0.5) is 5.69 Å². The Bertz CT molecular complexity index is 458. The van der Waals surface area contributed by atoms with Crippen LogP contribution in [-0.2, 0) is 9.54 Å². The maximum atomic E-state index is 11.1. The van der Waals surface area contributed by atoms with Gasteiger partial charge in [-0.25, -0.2) is 0 Å². The van der Waals surface area contributed by atoms with Gasteiger partial charge >= 0.3 is 0 Å². The van der Waals surface area contributed by atoms with Crippen LogP contribution in [-0.4, -0.2) is 23.3 Å². The Balaban J connectivity index is 2.37. The molecule has 0 saturated carbocycles. The summed E-state index contributed by atoms with van der Waals surface area (Å²) in [4.78, 5) is 25.1. The van der Waals surface area contributed by atoms with Crippen molar-refractivity contribution in [3.8, 4) is 0 Å². The molecule has 0 aliphatic carbocycles. The van der Waals surface area contributed by atoms with Crippen molar-refractivity contribution < 1.29 is 9.72 Å². The predicted octanol–water partition coefficient (Wildman–Crippen LogP) is 1.76. The predicted molar refractivity (Wildman–Crippen MR) is 61.8 cm³/mol. The van der Waals surface area contributed by atoms with Crippen LogP contribution < -0.4 is 0 Å². The van der Waals surface area contributed by atoms with E-state index < -0.39 is 9.67 Å². The first kappa shape index (κ1) is 10.8. The lowest BCUT2D eigenvalue weighted by molar-refractivity contribution is -0.384. The Labute approximate surface area is 95.7 Å². The number of aldehydes is 1. The van der Waals surface area contributed by atoms with Crippen LogP contribution >= 0.6 is 11.8 Å². The Hall–Kier alpha value is -1.69. The molecule has 1 aliphatic rings. The Kier molecular flexibility index (Phi) is 2.74. The molecule has 5 nitrogen and oxygen atoms in total. The molecule has 0 bridgehead atoms. The number of nitrogens with zero attached hydrogens (tertiary/aromatic N) is 2. The number of carbonyl (C=O) groups excluding carboxylic acids is 1. The van der Waals surface area contributed by atoms with Gasteiger partial charge in [0.05, 0.1) is 10.8 Å². The summed E-state index contributed by atoms with van der Waals surface area (Å²) in [5.74, 6) is 0.537. The van der Waals surface area contributed by atoms with Crippen molar-refractivity contribution in [2.45, 2.75) is 4.75 Å². The van der Waals surface area contributed by atoms with Gasteiger partial charge in [0.1, 0.15) is 11.0 Å².